The van der Waals surface area contributed by atoms with Gasteiger partial charge in [-0.15, -0.1) is 0 Å². The molecule has 1 unspecified atom stereocenters. The Morgan fingerprint density at radius 2 is 2.07 bits per heavy atom. The Morgan fingerprint density at radius 1 is 1.36 bits per heavy atom. The van der Waals surface area contributed by atoms with Gasteiger partial charge in [0.05, 0.1) is 5.69 Å². The first-order chi connectivity index (χ1) is 13.2. The van der Waals surface area contributed by atoms with Crippen molar-refractivity contribution in [2.24, 2.45) is 5.92 Å². The topological polar surface area (TPSA) is 67.9 Å². The number of hydrogen-bond acceptors (Lipinski definition) is 4. The van der Waals surface area contributed by atoms with Gasteiger partial charge in [-0.05, 0) is 63.6 Å². The maximum absolute atomic E-state index is 14.2. The van der Waals surface area contributed by atoms with Gasteiger partial charge in [-0.2, -0.15) is 0 Å². The maximum atomic E-state index is 14.2. The van der Waals surface area contributed by atoms with Crippen LogP contribution in [0.3, 0.4) is 0 Å². The molecule has 1 aromatic rings. The van der Waals surface area contributed by atoms with Crippen LogP contribution in [0, 0.1) is 11.7 Å². The number of carbonyl (C=O) groups excluding carboxylic acids is 2. The van der Waals surface area contributed by atoms with E-state index in [1.165, 1.54) is 6.07 Å². The average Bonchev–Trinajstić information content (AvgIpc) is 2.62. The molecular weight excluding hydrogens is 363 g/mol. The number of rotatable bonds is 2. The normalized spacial score (nSPS) is 18.9. The van der Waals surface area contributed by atoms with Crippen molar-refractivity contribution in [2.75, 3.05) is 25.0 Å². The highest BCUT2D eigenvalue weighted by molar-refractivity contribution is 5.95. The number of hydrogen-bond donors (Lipinski definition) is 1. The summed E-state index contributed by atoms with van der Waals surface area (Å²) in [6.07, 6.45) is 2.16. The molecule has 3 rings (SSSR count). The van der Waals surface area contributed by atoms with Gasteiger partial charge in [0.15, 0.2) is 18.2 Å². The lowest BCUT2D eigenvalue weighted by Crippen LogP contribution is -2.43. The van der Waals surface area contributed by atoms with Gasteiger partial charge in [0.2, 0.25) is 0 Å². The molecule has 156 valence electrons. The number of carbonyl (C=O) groups is 2. The lowest BCUT2D eigenvalue weighted by Gasteiger charge is -2.34. The first kappa shape index (κ1) is 22.0. The molecule has 7 heteroatoms. The summed E-state index contributed by atoms with van der Waals surface area (Å²) in [5, 5.41) is 2.64. The zero-order chi connectivity index (χ0) is 20.9. The number of piperidine rings is 1. The molecule has 0 radical (unpaired) electrons. The van der Waals surface area contributed by atoms with E-state index in [0.717, 1.165) is 18.4 Å². The van der Waals surface area contributed by atoms with Gasteiger partial charge in [-0.1, -0.05) is 13.8 Å². The molecule has 2 aliphatic heterocycles. The van der Waals surface area contributed by atoms with Gasteiger partial charge in [-0.3, -0.25) is 4.79 Å². The van der Waals surface area contributed by atoms with Gasteiger partial charge in [0, 0.05) is 13.1 Å². The van der Waals surface area contributed by atoms with E-state index < -0.39 is 11.4 Å². The van der Waals surface area contributed by atoms with Gasteiger partial charge in [-0.25, -0.2) is 9.18 Å². The van der Waals surface area contributed by atoms with E-state index in [2.05, 4.69) is 5.32 Å². The molecule has 0 aliphatic carbocycles. The summed E-state index contributed by atoms with van der Waals surface area (Å²) < 4.78 is 24.8. The lowest BCUT2D eigenvalue weighted by atomic mass is 9.91. The largest absolute Gasteiger partial charge is 0.478 e. The van der Waals surface area contributed by atoms with E-state index in [1.54, 1.807) is 11.0 Å². The number of benzene rings is 1. The van der Waals surface area contributed by atoms with Crippen molar-refractivity contribution in [3.63, 3.8) is 0 Å². The first-order valence-corrected chi connectivity index (χ1v) is 9.94. The molecule has 28 heavy (non-hydrogen) atoms. The quantitative estimate of drug-likeness (QED) is 0.809. The van der Waals surface area contributed by atoms with Crippen LogP contribution in [0.1, 0.15) is 53.0 Å². The van der Waals surface area contributed by atoms with E-state index in [0.29, 0.717) is 25.2 Å². The van der Waals surface area contributed by atoms with Crippen LogP contribution >= 0.6 is 0 Å². The van der Waals surface area contributed by atoms with Crippen LogP contribution in [0.15, 0.2) is 12.1 Å². The zero-order valence-corrected chi connectivity index (χ0v) is 17.4. The van der Waals surface area contributed by atoms with Crippen LogP contribution in [0.25, 0.3) is 0 Å². The van der Waals surface area contributed by atoms with Crippen molar-refractivity contribution < 1.29 is 23.5 Å². The average molecular weight is 394 g/mol. The molecule has 1 N–H and O–H groups in total. The number of fused-ring (bicyclic) bond motifs is 1. The number of amides is 2. The molecule has 0 saturated carbocycles. The molecule has 1 atom stereocenters. The van der Waals surface area contributed by atoms with Crippen LogP contribution in [-0.4, -0.2) is 42.2 Å². The third-order valence-corrected chi connectivity index (χ3v) is 4.42. The van der Waals surface area contributed by atoms with E-state index in [4.69, 9.17) is 9.47 Å². The molecule has 0 bridgehead atoms. The van der Waals surface area contributed by atoms with Crippen molar-refractivity contribution in [1.82, 2.24) is 4.90 Å². The summed E-state index contributed by atoms with van der Waals surface area (Å²) >= 11 is 0. The van der Waals surface area contributed by atoms with E-state index in [1.807, 2.05) is 34.6 Å². The van der Waals surface area contributed by atoms with Crippen molar-refractivity contribution in [3.8, 4) is 5.75 Å². The minimum absolute atomic E-state index is 0.0902. The fraction of sp³-hybridized carbons (Fsp3) is 0.619. The Morgan fingerprint density at radius 3 is 2.75 bits per heavy atom. The highest BCUT2D eigenvalue weighted by Crippen LogP contribution is 2.33. The molecule has 6 nitrogen and oxygen atoms in total. The van der Waals surface area contributed by atoms with E-state index in [9.17, 15) is 14.0 Å². The molecule has 2 amide bonds. The third kappa shape index (κ3) is 5.84. The van der Waals surface area contributed by atoms with Gasteiger partial charge >= 0.3 is 6.09 Å². The second-order valence-corrected chi connectivity index (χ2v) is 7.93. The SMILES string of the molecule is CC.CC(C)(C)OC(=O)N1CCCC(Cc2cc(F)c3c(c2)NC(=O)CO3)C1. The van der Waals surface area contributed by atoms with Crippen LogP contribution in [0.5, 0.6) is 5.75 Å². The van der Waals surface area contributed by atoms with Crippen LogP contribution in [0.2, 0.25) is 0 Å². The number of ether oxygens (including phenoxy) is 2. The molecule has 2 aliphatic rings. The molecule has 2 heterocycles. The van der Waals surface area contributed by atoms with Gasteiger partial charge < -0.3 is 19.7 Å². The van der Waals surface area contributed by atoms with Crippen LogP contribution < -0.4 is 10.1 Å². The highest BCUT2D eigenvalue weighted by atomic mass is 19.1. The zero-order valence-electron chi connectivity index (χ0n) is 17.4. The summed E-state index contributed by atoms with van der Waals surface area (Å²) in [5.41, 5.74) is 0.628. The fourth-order valence-corrected chi connectivity index (χ4v) is 3.39. The molecule has 0 spiro atoms. The predicted molar refractivity (Wildman–Crippen MR) is 106 cm³/mol. The summed E-state index contributed by atoms with van der Waals surface area (Å²) in [6.45, 7) is 10.6. The van der Waals surface area contributed by atoms with Gasteiger partial charge in [0.1, 0.15) is 5.60 Å². The second kappa shape index (κ2) is 9.26. The van der Waals surface area contributed by atoms with Gasteiger partial charge in [0.25, 0.3) is 5.91 Å². The van der Waals surface area contributed by atoms with Crippen molar-refractivity contribution in [1.29, 1.82) is 0 Å². The van der Waals surface area contributed by atoms with E-state index in [-0.39, 0.29) is 30.3 Å². The second-order valence-electron chi connectivity index (χ2n) is 7.93. The smallest absolute Gasteiger partial charge is 0.410 e. The monoisotopic (exact) mass is 394 g/mol. The predicted octanol–water partition coefficient (Wildman–Crippen LogP) is 4.37. The molecule has 1 aromatic carbocycles. The number of anilines is 1. The summed E-state index contributed by atoms with van der Waals surface area (Å²) in [6, 6.07) is 3.20. The Kier molecular flexibility index (Phi) is 7.27. The summed E-state index contributed by atoms with van der Waals surface area (Å²) in [5.74, 6) is -0.457. The fourth-order valence-electron chi connectivity index (χ4n) is 3.39. The Hall–Kier alpha value is -2.31. The van der Waals surface area contributed by atoms with Crippen LogP contribution in [-0.2, 0) is 16.0 Å². The third-order valence-electron chi connectivity index (χ3n) is 4.42. The number of nitrogens with one attached hydrogen (secondary N) is 1. The molecule has 0 aromatic heterocycles. The summed E-state index contributed by atoms with van der Waals surface area (Å²) in [7, 11) is 0. The Labute approximate surface area is 166 Å². The number of halogens is 1. The number of nitrogens with zero attached hydrogens (tertiary/aromatic N) is 1. The van der Waals surface area contributed by atoms with Crippen molar-refractivity contribution >= 4 is 17.7 Å². The minimum Gasteiger partial charge on any atom is -0.478 e. The standard InChI is InChI=1S/C19H25FN2O4.C2H6/c1-19(2,3)26-18(24)22-6-4-5-12(10-22)7-13-8-14(20)17-15(9-13)21-16(23)11-25-17;1-2/h8-9,12H,4-7,10-11H2,1-3H3,(H,21,23);1-2H3. The van der Waals surface area contributed by atoms with Crippen LogP contribution in [0.4, 0.5) is 14.9 Å². The Balaban J connectivity index is 0.00000136. The molecule has 1 saturated heterocycles. The van der Waals surface area contributed by atoms with Crippen molar-refractivity contribution in [3.05, 3.63) is 23.5 Å². The highest BCUT2D eigenvalue weighted by Gasteiger charge is 2.28. The number of likely N-dealkylation sites (tertiary alicyclic amines) is 1. The lowest BCUT2D eigenvalue weighted by molar-refractivity contribution is -0.118. The molecule has 1 fully saturated rings. The first-order valence-electron chi connectivity index (χ1n) is 9.94. The summed E-state index contributed by atoms with van der Waals surface area (Å²) in [4.78, 5) is 25.4. The molecular formula is C21H31FN2O4. The maximum Gasteiger partial charge on any atom is 0.410 e. The Bertz CT molecular complexity index is 715. The van der Waals surface area contributed by atoms with E-state index >= 15 is 0 Å². The minimum atomic E-state index is -0.524. The van der Waals surface area contributed by atoms with Crippen molar-refractivity contribution in [2.45, 2.75) is 59.5 Å².